The van der Waals surface area contributed by atoms with Crippen LogP contribution >= 0.6 is 46.4 Å². The van der Waals surface area contributed by atoms with Crippen LogP contribution in [0.4, 0.5) is 0 Å². The molecule has 0 saturated heterocycles. The van der Waals surface area contributed by atoms with Crippen molar-refractivity contribution in [3.63, 3.8) is 0 Å². The summed E-state index contributed by atoms with van der Waals surface area (Å²) in [4.78, 5) is 27.1. The first-order chi connectivity index (χ1) is 13.6. The molecule has 0 aromatic rings. The lowest BCUT2D eigenvalue weighted by molar-refractivity contribution is -0.192. The van der Waals surface area contributed by atoms with Gasteiger partial charge >= 0.3 is 11.9 Å². The van der Waals surface area contributed by atoms with Gasteiger partial charge in [-0.2, -0.15) is 0 Å². The minimum absolute atomic E-state index is 0.0967. The Labute approximate surface area is 191 Å². The molecular weight excluding hydrogens is 454 g/mol. The summed E-state index contributed by atoms with van der Waals surface area (Å²) in [6.45, 7) is 0. The molecule has 0 heterocycles. The van der Waals surface area contributed by atoms with Crippen molar-refractivity contribution in [3.05, 3.63) is 0 Å². The highest BCUT2D eigenvalue weighted by molar-refractivity contribution is 6.51. The molecule has 160 valence electrons. The van der Waals surface area contributed by atoms with Crippen LogP contribution in [0.15, 0.2) is 0 Å². The average molecular weight is 480 g/mol. The van der Waals surface area contributed by atoms with Crippen LogP contribution in [0, 0.1) is 46.3 Å². The number of hydrogen-bond donors (Lipinski definition) is 0. The lowest BCUT2D eigenvalue weighted by Gasteiger charge is -2.62. The average Bonchev–Trinajstić information content (AvgIpc) is 2.63. The minimum Gasteiger partial charge on any atom is -0.392 e. The molecule has 8 saturated carbocycles. The lowest BCUT2D eigenvalue weighted by Crippen LogP contribution is -2.65. The molecule has 0 aromatic heterocycles. The van der Waals surface area contributed by atoms with E-state index >= 15 is 0 Å². The van der Waals surface area contributed by atoms with Gasteiger partial charge in [0.15, 0.2) is 0 Å². The normalized spacial score (nSPS) is 52.6. The van der Waals surface area contributed by atoms with Crippen molar-refractivity contribution in [1.29, 1.82) is 0 Å². The number of carbonyl (C=O) groups excluding carboxylic acids is 2. The Hall–Kier alpha value is 0.300. The fourth-order valence-electron chi connectivity index (χ4n) is 8.74. The second kappa shape index (κ2) is 6.00. The monoisotopic (exact) mass is 478 g/mol. The van der Waals surface area contributed by atoms with Crippen LogP contribution in [0.2, 0.25) is 0 Å². The first-order valence-electron chi connectivity index (χ1n) is 11.1. The summed E-state index contributed by atoms with van der Waals surface area (Å²) in [6, 6.07) is 0. The van der Waals surface area contributed by atoms with Crippen LogP contribution in [0.3, 0.4) is 0 Å². The summed E-state index contributed by atoms with van der Waals surface area (Å²) in [7, 11) is 0. The summed E-state index contributed by atoms with van der Waals surface area (Å²) in [6.07, 6.45) is 8.60. The Kier molecular flexibility index (Phi) is 4.13. The molecule has 8 bridgehead atoms. The molecule has 0 spiro atoms. The van der Waals surface area contributed by atoms with E-state index in [1.165, 1.54) is 0 Å². The van der Waals surface area contributed by atoms with Gasteiger partial charge in [-0.05, 0) is 99.7 Å². The Balaban J connectivity index is 1.31. The van der Waals surface area contributed by atoms with Crippen molar-refractivity contribution in [2.45, 2.75) is 72.9 Å². The second-order valence-corrected chi connectivity index (χ2v) is 13.9. The maximum absolute atomic E-state index is 13.5. The second-order valence-electron chi connectivity index (χ2n) is 11.2. The zero-order valence-electron chi connectivity index (χ0n) is 16.3. The van der Waals surface area contributed by atoms with Crippen molar-refractivity contribution < 1.29 is 14.3 Å². The first kappa shape index (κ1) is 19.9. The molecule has 8 fully saturated rings. The van der Waals surface area contributed by atoms with Gasteiger partial charge in [-0.3, -0.25) is 9.59 Å². The third-order valence-electron chi connectivity index (χ3n) is 9.62. The minimum atomic E-state index is -1.17. The molecular formula is C22H26Cl4O3. The summed E-state index contributed by atoms with van der Waals surface area (Å²) in [5.41, 5.74) is -1.96. The molecule has 8 aliphatic carbocycles. The zero-order valence-corrected chi connectivity index (χ0v) is 19.3. The first-order valence-corrected chi connectivity index (χ1v) is 12.6. The molecule has 0 N–H and O–H groups in total. The van der Waals surface area contributed by atoms with Crippen molar-refractivity contribution in [1.82, 2.24) is 0 Å². The van der Waals surface area contributed by atoms with E-state index < -0.39 is 31.4 Å². The van der Waals surface area contributed by atoms with Gasteiger partial charge in [0.05, 0.1) is 0 Å². The maximum atomic E-state index is 13.5. The van der Waals surface area contributed by atoms with Gasteiger partial charge in [0.2, 0.25) is 0 Å². The van der Waals surface area contributed by atoms with Gasteiger partial charge < -0.3 is 4.74 Å². The third-order valence-corrected chi connectivity index (χ3v) is 12.3. The molecule has 29 heavy (non-hydrogen) atoms. The summed E-state index contributed by atoms with van der Waals surface area (Å²) in [5.74, 6) is 0.902. The predicted octanol–water partition coefficient (Wildman–Crippen LogP) is 6.06. The van der Waals surface area contributed by atoms with E-state index in [-0.39, 0.29) is 11.8 Å². The highest BCUT2D eigenvalue weighted by Crippen LogP contribution is 2.71. The number of esters is 2. The van der Waals surface area contributed by atoms with E-state index in [0.717, 1.165) is 38.5 Å². The van der Waals surface area contributed by atoms with E-state index in [1.54, 1.807) is 0 Å². The van der Waals surface area contributed by atoms with Crippen LogP contribution in [0.1, 0.15) is 64.2 Å². The van der Waals surface area contributed by atoms with Crippen LogP contribution in [-0.4, -0.2) is 20.6 Å². The third kappa shape index (κ3) is 2.40. The van der Waals surface area contributed by atoms with Crippen molar-refractivity contribution >= 4 is 58.3 Å². The van der Waals surface area contributed by atoms with E-state index in [9.17, 15) is 9.59 Å². The maximum Gasteiger partial charge on any atom is 0.322 e. The molecule has 8 aliphatic rings. The largest absolute Gasteiger partial charge is 0.392 e. The van der Waals surface area contributed by atoms with Gasteiger partial charge in [0.25, 0.3) is 0 Å². The Morgan fingerprint density at radius 2 is 0.897 bits per heavy atom. The highest BCUT2D eigenvalue weighted by atomic mass is 35.5. The molecule has 0 aliphatic heterocycles. The number of alkyl halides is 4. The van der Waals surface area contributed by atoms with Gasteiger partial charge in [-0.25, -0.2) is 0 Å². The van der Waals surface area contributed by atoms with Gasteiger partial charge in [-0.15, -0.1) is 46.4 Å². The van der Waals surface area contributed by atoms with E-state index in [0.29, 0.717) is 49.4 Å². The lowest BCUT2D eigenvalue weighted by atomic mass is 9.48. The van der Waals surface area contributed by atoms with Gasteiger partial charge in [0, 0.05) is 0 Å². The topological polar surface area (TPSA) is 43.4 Å². The number of ether oxygens (including phenoxy) is 1. The smallest absolute Gasteiger partial charge is 0.322 e. The van der Waals surface area contributed by atoms with E-state index in [1.807, 2.05) is 0 Å². The summed E-state index contributed by atoms with van der Waals surface area (Å²) >= 11 is 27.3. The van der Waals surface area contributed by atoms with E-state index in [4.69, 9.17) is 51.1 Å². The SMILES string of the molecule is O=C(OC(=O)C12C[C@@H]3CC(C[C@H](C3)C1)C2(Cl)Cl)C12C[C@@H]3CC(C[C@H](C3)C1)C2(Cl)Cl. The van der Waals surface area contributed by atoms with Crippen molar-refractivity contribution in [2.75, 3.05) is 0 Å². The molecule has 0 unspecified atom stereocenters. The van der Waals surface area contributed by atoms with Crippen LogP contribution in [0.25, 0.3) is 0 Å². The number of halogens is 4. The predicted molar refractivity (Wildman–Crippen MR) is 112 cm³/mol. The Morgan fingerprint density at radius 1 is 0.586 bits per heavy atom. The fraction of sp³-hybridized carbons (Fsp3) is 0.909. The van der Waals surface area contributed by atoms with E-state index in [2.05, 4.69) is 0 Å². The van der Waals surface area contributed by atoms with Crippen LogP contribution in [0.5, 0.6) is 0 Å². The number of carbonyl (C=O) groups is 2. The summed E-state index contributed by atoms with van der Waals surface area (Å²) in [5, 5.41) is 0. The molecule has 0 aromatic carbocycles. The molecule has 8 rings (SSSR count). The molecule has 3 nitrogen and oxygen atoms in total. The number of rotatable bonds is 2. The Bertz CT molecular complexity index is 701. The fourth-order valence-corrected chi connectivity index (χ4v) is 10.4. The van der Waals surface area contributed by atoms with Crippen LogP contribution < -0.4 is 0 Å². The van der Waals surface area contributed by atoms with Crippen molar-refractivity contribution in [2.24, 2.45) is 46.3 Å². The summed E-state index contributed by atoms with van der Waals surface area (Å²) < 4.78 is 3.34. The van der Waals surface area contributed by atoms with Crippen LogP contribution in [-0.2, 0) is 14.3 Å². The Morgan fingerprint density at radius 3 is 1.21 bits per heavy atom. The number of hydrogen-bond acceptors (Lipinski definition) is 3. The molecule has 0 amide bonds. The standard InChI is InChI=1S/C22H26Cl4O3/c23-21(24)15-3-11-1-12(4-15)8-19(21,7-11)17(27)29-18(28)20-9-13-2-14(10-20)6-16(5-13)22(20,25)26/h11-16H,1-10H2/t11-,12-,13-,14-,15?,16?,19?,20?/m0/s1. The van der Waals surface area contributed by atoms with Gasteiger partial charge in [0.1, 0.15) is 19.5 Å². The van der Waals surface area contributed by atoms with Crippen molar-refractivity contribution in [3.8, 4) is 0 Å². The highest BCUT2D eigenvalue weighted by Gasteiger charge is 2.72. The molecule has 0 radical (unpaired) electrons. The zero-order chi connectivity index (χ0) is 20.4. The molecule has 4 atom stereocenters. The molecule has 7 heteroatoms. The quantitative estimate of drug-likeness (QED) is 0.274. The van der Waals surface area contributed by atoms with Gasteiger partial charge in [-0.1, -0.05) is 0 Å².